The monoisotopic (exact) mass is 348 g/mol. The van der Waals surface area contributed by atoms with Gasteiger partial charge < -0.3 is 14.2 Å². The fourth-order valence-electron chi connectivity index (χ4n) is 2.97. The number of hydrogen-bond donors (Lipinski definition) is 0. The van der Waals surface area contributed by atoms with E-state index in [1.165, 1.54) is 0 Å². The Kier molecular flexibility index (Phi) is 4.92. The Bertz CT molecular complexity index is 737. The number of ether oxygens (including phenoxy) is 1. The minimum Gasteiger partial charge on any atom is -0.371 e. The highest BCUT2D eigenvalue weighted by Crippen LogP contribution is 2.23. The summed E-state index contributed by atoms with van der Waals surface area (Å²) in [5.74, 6) is 0.798. The van der Waals surface area contributed by atoms with Crippen LogP contribution in [0.1, 0.15) is 39.4 Å². The Hall–Kier alpha value is -1.85. The van der Waals surface area contributed by atoms with E-state index in [9.17, 15) is 4.79 Å². The molecule has 0 N–H and O–H groups in total. The van der Waals surface area contributed by atoms with E-state index in [2.05, 4.69) is 5.16 Å². The normalized spacial score (nSPS) is 17.5. The van der Waals surface area contributed by atoms with Gasteiger partial charge in [-0.15, -0.1) is 0 Å². The molecular formula is C18H21ClN2O3. The van der Waals surface area contributed by atoms with Gasteiger partial charge >= 0.3 is 0 Å². The number of benzene rings is 1. The van der Waals surface area contributed by atoms with E-state index < -0.39 is 0 Å². The van der Waals surface area contributed by atoms with Gasteiger partial charge in [0.25, 0.3) is 5.91 Å². The van der Waals surface area contributed by atoms with E-state index in [0.29, 0.717) is 30.3 Å². The van der Waals surface area contributed by atoms with Crippen LogP contribution in [-0.2, 0) is 11.3 Å². The molecule has 1 saturated heterocycles. The van der Waals surface area contributed by atoms with Gasteiger partial charge in [-0.25, -0.2) is 0 Å². The van der Waals surface area contributed by atoms with E-state index in [-0.39, 0.29) is 12.0 Å². The van der Waals surface area contributed by atoms with Crippen LogP contribution in [0.4, 0.5) is 0 Å². The lowest BCUT2D eigenvalue weighted by molar-refractivity contribution is 0.0430. The van der Waals surface area contributed by atoms with Crippen LogP contribution in [0.3, 0.4) is 0 Å². The third-order valence-corrected chi connectivity index (χ3v) is 4.98. The van der Waals surface area contributed by atoms with Crippen LogP contribution in [0, 0.1) is 20.8 Å². The molecule has 1 aromatic heterocycles. The average molecular weight is 349 g/mol. The molecule has 1 aliphatic heterocycles. The molecule has 128 valence electrons. The number of hydrogen-bond acceptors (Lipinski definition) is 4. The van der Waals surface area contributed by atoms with Crippen LogP contribution in [0.25, 0.3) is 0 Å². The maximum Gasteiger partial charge on any atom is 0.254 e. The van der Waals surface area contributed by atoms with Gasteiger partial charge in [-0.1, -0.05) is 22.8 Å². The molecule has 1 fully saturated rings. The smallest absolute Gasteiger partial charge is 0.254 e. The number of likely N-dealkylation sites (tertiary alicyclic amines) is 1. The van der Waals surface area contributed by atoms with Gasteiger partial charge in [-0.3, -0.25) is 4.79 Å². The Morgan fingerprint density at radius 1 is 1.42 bits per heavy atom. The Morgan fingerprint density at radius 3 is 2.92 bits per heavy atom. The first kappa shape index (κ1) is 17.0. The van der Waals surface area contributed by atoms with E-state index in [1.807, 2.05) is 37.8 Å². The molecule has 24 heavy (non-hydrogen) atoms. The second kappa shape index (κ2) is 6.95. The number of aryl methyl sites for hydroxylation is 2. The van der Waals surface area contributed by atoms with Crippen molar-refractivity contribution in [2.45, 2.75) is 39.9 Å². The summed E-state index contributed by atoms with van der Waals surface area (Å²) < 4.78 is 11.1. The molecule has 0 aliphatic carbocycles. The molecule has 2 aromatic rings. The van der Waals surface area contributed by atoms with Crippen molar-refractivity contribution in [1.29, 1.82) is 0 Å². The van der Waals surface area contributed by atoms with Crippen molar-refractivity contribution in [3.8, 4) is 0 Å². The predicted octanol–water partition coefficient (Wildman–Crippen LogP) is 3.68. The summed E-state index contributed by atoms with van der Waals surface area (Å²) in [5, 5.41) is 4.55. The summed E-state index contributed by atoms with van der Waals surface area (Å²) in [5.41, 5.74) is 3.33. The summed E-state index contributed by atoms with van der Waals surface area (Å²) in [6.07, 6.45) is 0.858. The summed E-state index contributed by atoms with van der Waals surface area (Å²) >= 11 is 6.12. The molecule has 0 bridgehead atoms. The number of nitrogens with zero attached hydrogens (tertiary/aromatic N) is 2. The molecule has 2 heterocycles. The standard InChI is InChI=1S/C18H21ClN2O3/c1-11-15(5-4-6-17(11)19)18(22)21-8-7-14(9-21)23-10-16-12(2)20-24-13(16)3/h4-6,14H,7-10H2,1-3H3/t14-/m1/s1. The topological polar surface area (TPSA) is 55.6 Å². The van der Waals surface area contributed by atoms with E-state index in [0.717, 1.165) is 29.0 Å². The van der Waals surface area contributed by atoms with Crippen LogP contribution in [0.2, 0.25) is 5.02 Å². The molecular weight excluding hydrogens is 328 g/mol. The van der Waals surface area contributed by atoms with Crippen molar-refractivity contribution in [1.82, 2.24) is 10.1 Å². The zero-order valence-electron chi connectivity index (χ0n) is 14.1. The lowest BCUT2D eigenvalue weighted by atomic mass is 10.1. The predicted molar refractivity (Wildman–Crippen MR) is 91.3 cm³/mol. The Labute approximate surface area is 146 Å². The number of amides is 1. The average Bonchev–Trinajstić information content (AvgIpc) is 3.15. The minimum atomic E-state index is 0.0124. The van der Waals surface area contributed by atoms with E-state index in [4.69, 9.17) is 20.9 Å². The van der Waals surface area contributed by atoms with Crippen molar-refractivity contribution in [3.05, 3.63) is 51.4 Å². The summed E-state index contributed by atoms with van der Waals surface area (Å²) in [7, 11) is 0. The van der Waals surface area contributed by atoms with Crippen molar-refractivity contribution >= 4 is 17.5 Å². The van der Waals surface area contributed by atoms with Crippen LogP contribution in [0.15, 0.2) is 22.7 Å². The fourth-order valence-corrected chi connectivity index (χ4v) is 3.14. The molecule has 0 spiro atoms. The third kappa shape index (κ3) is 3.32. The first-order chi connectivity index (χ1) is 11.5. The summed E-state index contributed by atoms with van der Waals surface area (Å²) in [4.78, 5) is 14.5. The number of rotatable bonds is 4. The lowest BCUT2D eigenvalue weighted by Crippen LogP contribution is -2.30. The SMILES string of the molecule is Cc1noc(C)c1CO[C@@H]1CCN(C(=O)c2cccc(Cl)c2C)C1. The van der Waals surface area contributed by atoms with Gasteiger partial charge in [-0.05, 0) is 44.9 Å². The second-order valence-corrected chi connectivity index (χ2v) is 6.60. The van der Waals surface area contributed by atoms with Crippen molar-refractivity contribution < 1.29 is 14.1 Å². The zero-order valence-corrected chi connectivity index (χ0v) is 14.9. The van der Waals surface area contributed by atoms with Gasteiger partial charge in [0.1, 0.15) is 5.76 Å². The van der Waals surface area contributed by atoms with Crippen LogP contribution in [-0.4, -0.2) is 35.2 Å². The highest BCUT2D eigenvalue weighted by molar-refractivity contribution is 6.31. The molecule has 0 saturated carbocycles. The lowest BCUT2D eigenvalue weighted by Gasteiger charge is -2.18. The molecule has 0 radical (unpaired) electrons. The molecule has 0 unspecified atom stereocenters. The first-order valence-electron chi connectivity index (χ1n) is 8.05. The molecule has 3 rings (SSSR count). The van der Waals surface area contributed by atoms with Gasteiger partial charge in [0.15, 0.2) is 0 Å². The zero-order chi connectivity index (χ0) is 17.3. The minimum absolute atomic E-state index is 0.0124. The maximum atomic E-state index is 12.7. The third-order valence-electron chi connectivity index (χ3n) is 4.57. The highest BCUT2D eigenvalue weighted by atomic mass is 35.5. The highest BCUT2D eigenvalue weighted by Gasteiger charge is 2.29. The Balaban J connectivity index is 1.61. The summed E-state index contributed by atoms with van der Waals surface area (Å²) in [6.45, 7) is 7.40. The van der Waals surface area contributed by atoms with Crippen LogP contribution >= 0.6 is 11.6 Å². The van der Waals surface area contributed by atoms with Gasteiger partial charge in [0.2, 0.25) is 0 Å². The number of halogens is 1. The fraction of sp³-hybridized carbons (Fsp3) is 0.444. The Morgan fingerprint density at radius 2 is 2.21 bits per heavy atom. The van der Waals surface area contributed by atoms with Crippen molar-refractivity contribution in [2.24, 2.45) is 0 Å². The number of aromatic nitrogens is 1. The number of carbonyl (C=O) groups excluding carboxylic acids is 1. The van der Waals surface area contributed by atoms with Gasteiger partial charge in [0.05, 0.1) is 18.4 Å². The molecule has 1 atom stereocenters. The number of carbonyl (C=O) groups is 1. The van der Waals surface area contributed by atoms with E-state index >= 15 is 0 Å². The first-order valence-corrected chi connectivity index (χ1v) is 8.43. The van der Waals surface area contributed by atoms with Crippen LogP contribution < -0.4 is 0 Å². The maximum absolute atomic E-state index is 12.7. The van der Waals surface area contributed by atoms with E-state index in [1.54, 1.807) is 6.07 Å². The molecule has 1 amide bonds. The molecule has 1 aliphatic rings. The van der Waals surface area contributed by atoms with Gasteiger partial charge in [0, 0.05) is 29.2 Å². The molecule has 1 aromatic carbocycles. The van der Waals surface area contributed by atoms with Gasteiger partial charge in [-0.2, -0.15) is 0 Å². The quantitative estimate of drug-likeness (QED) is 0.845. The largest absolute Gasteiger partial charge is 0.371 e. The van der Waals surface area contributed by atoms with Crippen LogP contribution in [0.5, 0.6) is 0 Å². The van der Waals surface area contributed by atoms with Crippen molar-refractivity contribution in [3.63, 3.8) is 0 Å². The molecule has 5 nitrogen and oxygen atoms in total. The van der Waals surface area contributed by atoms with Crippen molar-refractivity contribution in [2.75, 3.05) is 13.1 Å². The molecule has 6 heteroatoms. The second-order valence-electron chi connectivity index (χ2n) is 6.19. The summed E-state index contributed by atoms with van der Waals surface area (Å²) in [6, 6.07) is 5.43.